The number of hydrogen-bond donors (Lipinski definition) is 1. The summed E-state index contributed by atoms with van der Waals surface area (Å²) in [6, 6.07) is 11.2. The van der Waals surface area contributed by atoms with Crippen LogP contribution in [-0.2, 0) is 17.9 Å². The average Bonchev–Trinajstić information content (AvgIpc) is 3.20. The molecular formula is C23H28N4O4S. The van der Waals surface area contributed by atoms with Gasteiger partial charge < -0.3 is 24.1 Å². The third kappa shape index (κ3) is 5.53. The fourth-order valence-electron chi connectivity index (χ4n) is 3.09. The Morgan fingerprint density at radius 2 is 1.91 bits per heavy atom. The number of carbonyl (C=O) groups excluding carboxylic acids is 1. The first-order chi connectivity index (χ1) is 15.5. The Labute approximate surface area is 192 Å². The number of aromatic nitrogens is 3. The Bertz CT molecular complexity index is 1080. The molecule has 0 fully saturated rings. The maximum atomic E-state index is 12.5. The summed E-state index contributed by atoms with van der Waals surface area (Å²) in [5.41, 5.74) is 2.86. The highest BCUT2D eigenvalue weighted by Crippen LogP contribution is 2.29. The lowest BCUT2D eigenvalue weighted by atomic mass is 10.1. The molecule has 9 heteroatoms. The molecule has 0 aliphatic heterocycles. The normalized spacial score (nSPS) is 10.7. The van der Waals surface area contributed by atoms with Crippen LogP contribution in [0.5, 0.6) is 17.2 Å². The van der Waals surface area contributed by atoms with E-state index in [9.17, 15) is 4.79 Å². The fourth-order valence-corrected chi connectivity index (χ4v) is 3.91. The summed E-state index contributed by atoms with van der Waals surface area (Å²) in [4.78, 5) is 12.5. The van der Waals surface area contributed by atoms with Gasteiger partial charge in [-0.15, -0.1) is 10.2 Å². The first kappa shape index (κ1) is 23.5. The number of carbonyl (C=O) groups is 1. The minimum atomic E-state index is -0.169. The Kier molecular flexibility index (Phi) is 7.99. The van der Waals surface area contributed by atoms with Crippen LogP contribution >= 0.6 is 11.8 Å². The Morgan fingerprint density at radius 3 is 2.62 bits per heavy atom. The third-order valence-corrected chi connectivity index (χ3v) is 6.00. The van der Waals surface area contributed by atoms with Crippen LogP contribution in [0.25, 0.3) is 0 Å². The van der Waals surface area contributed by atoms with Crippen molar-refractivity contribution in [2.24, 2.45) is 0 Å². The van der Waals surface area contributed by atoms with Gasteiger partial charge >= 0.3 is 0 Å². The molecule has 1 amide bonds. The highest BCUT2D eigenvalue weighted by atomic mass is 32.2. The molecule has 1 aromatic heterocycles. The molecule has 0 atom stereocenters. The van der Waals surface area contributed by atoms with Crippen LogP contribution in [0, 0.1) is 13.8 Å². The molecule has 3 aromatic rings. The van der Waals surface area contributed by atoms with E-state index in [0.29, 0.717) is 41.3 Å². The quantitative estimate of drug-likeness (QED) is 0.457. The molecule has 32 heavy (non-hydrogen) atoms. The molecule has 0 radical (unpaired) electrons. The van der Waals surface area contributed by atoms with Gasteiger partial charge in [-0.2, -0.15) is 0 Å². The molecule has 0 bridgehead atoms. The molecule has 1 heterocycles. The summed E-state index contributed by atoms with van der Waals surface area (Å²) in [5.74, 6) is 2.75. The Hall–Kier alpha value is -3.20. The zero-order valence-electron chi connectivity index (χ0n) is 19.0. The van der Waals surface area contributed by atoms with Crippen LogP contribution < -0.4 is 19.5 Å². The first-order valence-electron chi connectivity index (χ1n) is 10.2. The second-order valence-electron chi connectivity index (χ2n) is 7.03. The van der Waals surface area contributed by atoms with Gasteiger partial charge in [-0.1, -0.05) is 23.9 Å². The second kappa shape index (κ2) is 10.9. The minimum Gasteiger partial charge on any atom is -0.497 e. The Morgan fingerprint density at radius 1 is 1.09 bits per heavy atom. The lowest BCUT2D eigenvalue weighted by Gasteiger charge is -2.12. The molecule has 0 spiro atoms. The number of amides is 1. The van der Waals surface area contributed by atoms with Gasteiger partial charge in [0, 0.05) is 12.6 Å². The number of hydrogen-bond acceptors (Lipinski definition) is 7. The third-order valence-electron chi connectivity index (χ3n) is 5.04. The van der Waals surface area contributed by atoms with E-state index in [-0.39, 0.29) is 11.7 Å². The van der Waals surface area contributed by atoms with E-state index in [1.54, 1.807) is 32.4 Å². The highest BCUT2D eigenvalue weighted by molar-refractivity contribution is 7.99. The van der Waals surface area contributed by atoms with Gasteiger partial charge in [-0.25, -0.2) is 0 Å². The van der Waals surface area contributed by atoms with Crippen molar-refractivity contribution in [3.63, 3.8) is 0 Å². The molecule has 0 aliphatic carbocycles. The van der Waals surface area contributed by atoms with Crippen molar-refractivity contribution in [1.29, 1.82) is 0 Å². The van der Waals surface area contributed by atoms with Crippen molar-refractivity contribution in [1.82, 2.24) is 14.8 Å². The topological polar surface area (TPSA) is 87.5 Å². The van der Waals surface area contributed by atoms with E-state index >= 15 is 0 Å². The van der Waals surface area contributed by atoms with E-state index in [1.807, 2.05) is 30.5 Å². The van der Waals surface area contributed by atoms with Crippen molar-refractivity contribution in [3.8, 4) is 17.2 Å². The van der Waals surface area contributed by atoms with Gasteiger partial charge in [0.15, 0.2) is 11.0 Å². The van der Waals surface area contributed by atoms with Gasteiger partial charge in [-0.3, -0.25) is 4.79 Å². The summed E-state index contributed by atoms with van der Waals surface area (Å²) in [6.07, 6.45) is 0. The van der Waals surface area contributed by atoms with Crippen molar-refractivity contribution in [2.75, 3.05) is 25.3 Å². The lowest BCUT2D eigenvalue weighted by Crippen LogP contribution is -2.15. The lowest BCUT2D eigenvalue weighted by molar-refractivity contribution is -0.113. The van der Waals surface area contributed by atoms with Crippen LogP contribution in [0.4, 0.5) is 5.69 Å². The number of thioether (sulfide) groups is 1. The largest absolute Gasteiger partial charge is 0.497 e. The molecule has 170 valence electrons. The van der Waals surface area contributed by atoms with Crippen molar-refractivity contribution < 1.29 is 19.0 Å². The summed E-state index contributed by atoms with van der Waals surface area (Å²) in [7, 11) is 3.12. The summed E-state index contributed by atoms with van der Waals surface area (Å²) in [6.45, 7) is 7.08. The predicted molar refractivity (Wildman–Crippen MR) is 125 cm³/mol. The molecule has 0 unspecified atom stereocenters. The minimum absolute atomic E-state index is 0.169. The Balaban J connectivity index is 1.61. The van der Waals surface area contributed by atoms with Gasteiger partial charge in [0.1, 0.15) is 23.9 Å². The molecule has 0 saturated carbocycles. The summed E-state index contributed by atoms with van der Waals surface area (Å²) < 4.78 is 18.4. The standard InChI is InChI=1S/C23H28N4O4S/c1-6-27-21(13-31-19-9-7-8-15(2)16(19)3)25-26-23(27)32-14-22(28)24-18-11-10-17(29-4)12-20(18)30-5/h7-12H,6,13-14H2,1-5H3,(H,24,28). The summed E-state index contributed by atoms with van der Waals surface area (Å²) >= 11 is 1.32. The number of anilines is 1. The van der Waals surface area contributed by atoms with Gasteiger partial charge in [0.05, 0.1) is 25.7 Å². The van der Waals surface area contributed by atoms with Crippen LogP contribution in [0.15, 0.2) is 41.6 Å². The van der Waals surface area contributed by atoms with E-state index in [4.69, 9.17) is 14.2 Å². The van der Waals surface area contributed by atoms with Gasteiger partial charge in [0.2, 0.25) is 5.91 Å². The first-order valence-corrected chi connectivity index (χ1v) is 11.2. The number of nitrogens with zero attached hydrogens (tertiary/aromatic N) is 3. The number of methoxy groups -OCH3 is 2. The summed E-state index contributed by atoms with van der Waals surface area (Å²) in [5, 5.41) is 12.0. The molecule has 2 aromatic carbocycles. The number of ether oxygens (including phenoxy) is 3. The molecule has 8 nitrogen and oxygen atoms in total. The van der Waals surface area contributed by atoms with E-state index in [0.717, 1.165) is 11.3 Å². The molecule has 0 saturated heterocycles. The van der Waals surface area contributed by atoms with Gasteiger partial charge in [-0.05, 0) is 50.1 Å². The number of benzene rings is 2. The van der Waals surface area contributed by atoms with Crippen LogP contribution in [0.2, 0.25) is 0 Å². The van der Waals surface area contributed by atoms with E-state index < -0.39 is 0 Å². The zero-order valence-corrected chi connectivity index (χ0v) is 19.8. The van der Waals surface area contributed by atoms with Gasteiger partial charge in [0.25, 0.3) is 0 Å². The number of aryl methyl sites for hydroxylation is 1. The van der Waals surface area contributed by atoms with E-state index in [1.165, 1.54) is 17.3 Å². The fraction of sp³-hybridized carbons (Fsp3) is 0.348. The highest BCUT2D eigenvalue weighted by Gasteiger charge is 2.15. The number of nitrogens with one attached hydrogen (secondary N) is 1. The maximum absolute atomic E-state index is 12.5. The smallest absolute Gasteiger partial charge is 0.234 e. The predicted octanol–water partition coefficient (Wildman–Crippen LogP) is 4.24. The SMILES string of the molecule is CCn1c(COc2cccc(C)c2C)nnc1SCC(=O)Nc1ccc(OC)cc1OC. The maximum Gasteiger partial charge on any atom is 0.234 e. The van der Waals surface area contributed by atoms with E-state index in [2.05, 4.69) is 28.5 Å². The number of rotatable bonds is 10. The van der Waals surface area contributed by atoms with Crippen molar-refractivity contribution >= 4 is 23.4 Å². The van der Waals surface area contributed by atoms with Crippen molar-refractivity contribution in [2.45, 2.75) is 39.1 Å². The van der Waals surface area contributed by atoms with Crippen molar-refractivity contribution in [3.05, 3.63) is 53.3 Å². The average molecular weight is 457 g/mol. The second-order valence-corrected chi connectivity index (χ2v) is 7.98. The molecule has 1 N–H and O–H groups in total. The van der Waals surface area contributed by atoms with Crippen LogP contribution in [0.3, 0.4) is 0 Å². The van der Waals surface area contributed by atoms with Crippen LogP contribution in [0.1, 0.15) is 23.9 Å². The molecule has 0 aliphatic rings. The zero-order chi connectivity index (χ0) is 23.1. The monoisotopic (exact) mass is 456 g/mol. The molecule has 3 rings (SSSR count). The van der Waals surface area contributed by atoms with Crippen LogP contribution in [-0.4, -0.2) is 40.6 Å². The molecular weight excluding hydrogens is 428 g/mol.